The Bertz CT molecular complexity index is 561. The molecular formula is C8H9N7O3. The standard InChI is InChI=1S/C8H9N7O3/c1-15-3-4(2-9-15)5(8(17)18)10-7(16)6-11-13-14-12-6/h2-3,5H,1H3,(H,10,16)(H,17,18)(H,11,12,13,14). The lowest BCUT2D eigenvalue weighted by atomic mass is 10.1. The number of amides is 1. The fourth-order valence-corrected chi connectivity index (χ4v) is 1.33. The Labute approximate surface area is 100.0 Å². The molecular weight excluding hydrogens is 242 g/mol. The van der Waals surface area contributed by atoms with E-state index in [1.165, 1.54) is 17.1 Å². The molecule has 0 aliphatic carbocycles. The third kappa shape index (κ3) is 2.31. The first kappa shape index (κ1) is 11.7. The molecule has 0 saturated carbocycles. The number of nitrogens with one attached hydrogen (secondary N) is 2. The third-order valence-corrected chi connectivity index (χ3v) is 2.13. The van der Waals surface area contributed by atoms with E-state index in [0.717, 1.165) is 0 Å². The van der Waals surface area contributed by atoms with Crippen LogP contribution in [-0.4, -0.2) is 47.4 Å². The van der Waals surface area contributed by atoms with E-state index in [-0.39, 0.29) is 5.82 Å². The van der Waals surface area contributed by atoms with Gasteiger partial charge in [0.25, 0.3) is 11.7 Å². The summed E-state index contributed by atoms with van der Waals surface area (Å²) in [7, 11) is 1.64. The second kappa shape index (κ2) is 4.61. The maximum Gasteiger partial charge on any atom is 0.331 e. The van der Waals surface area contributed by atoms with Crippen LogP contribution in [-0.2, 0) is 11.8 Å². The maximum absolute atomic E-state index is 11.6. The zero-order valence-corrected chi connectivity index (χ0v) is 9.23. The molecule has 0 saturated heterocycles. The van der Waals surface area contributed by atoms with Gasteiger partial charge >= 0.3 is 5.97 Å². The molecule has 0 fully saturated rings. The van der Waals surface area contributed by atoms with Crippen molar-refractivity contribution in [2.45, 2.75) is 6.04 Å². The normalized spacial score (nSPS) is 12.1. The molecule has 0 aliphatic rings. The first-order valence-corrected chi connectivity index (χ1v) is 4.83. The predicted octanol–water partition coefficient (Wildman–Crippen LogP) is -1.51. The van der Waals surface area contributed by atoms with Gasteiger partial charge in [0, 0.05) is 18.8 Å². The summed E-state index contributed by atoms with van der Waals surface area (Å²) < 4.78 is 1.44. The van der Waals surface area contributed by atoms with Crippen LogP contribution >= 0.6 is 0 Å². The fraction of sp³-hybridized carbons (Fsp3) is 0.250. The number of nitrogens with zero attached hydrogens (tertiary/aromatic N) is 5. The van der Waals surface area contributed by atoms with Crippen molar-refractivity contribution < 1.29 is 14.7 Å². The summed E-state index contributed by atoms with van der Waals surface area (Å²) in [6.07, 6.45) is 2.85. The largest absolute Gasteiger partial charge is 0.479 e. The Balaban J connectivity index is 2.17. The van der Waals surface area contributed by atoms with Crippen LogP contribution in [0.15, 0.2) is 12.4 Å². The van der Waals surface area contributed by atoms with Gasteiger partial charge in [-0.05, 0) is 5.21 Å². The van der Waals surface area contributed by atoms with Crippen LogP contribution in [0.4, 0.5) is 0 Å². The number of carboxylic acid groups (broad SMARTS) is 1. The average molecular weight is 251 g/mol. The lowest BCUT2D eigenvalue weighted by molar-refractivity contribution is -0.139. The molecule has 1 amide bonds. The van der Waals surface area contributed by atoms with Gasteiger partial charge in [0.05, 0.1) is 6.20 Å². The second-order valence-corrected chi connectivity index (χ2v) is 3.43. The molecule has 2 heterocycles. The lowest BCUT2D eigenvalue weighted by Crippen LogP contribution is -2.34. The number of carbonyl (C=O) groups is 2. The van der Waals surface area contributed by atoms with Crippen LogP contribution in [0.25, 0.3) is 0 Å². The molecule has 1 unspecified atom stereocenters. The summed E-state index contributed by atoms with van der Waals surface area (Å²) in [5, 5.41) is 27.4. The van der Waals surface area contributed by atoms with Crippen molar-refractivity contribution in [2.24, 2.45) is 7.05 Å². The molecule has 0 aromatic carbocycles. The van der Waals surface area contributed by atoms with E-state index in [4.69, 9.17) is 5.11 Å². The van der Waals surface area contributed by atoms with Crippen LogP contribution in [0.2, 0.25) is 0 Å². The van der Waals surface area contributed by atoms with Crippen LogP contribution in [0.5, 0.6) is 0 Å². The van der Waals surface area contributed by atoms with Crippen molar-refractivity contribution in [1.82, 2.24) is 35.7 Å². The minimum Gasteiger partial charge on any atom is -0.479 e. The topological polar surface area (TPSA) is 139 Å². The summed E-state index contributed by atoms with van der Waals surface area (Å²) in [5.41, 5.74) is 0.349. The van der Waals surface area contributed by atoms with Crippen molar-refractivity contribution >= 4 is 11.9 Å². The fourth-order valence-electron chi connectivity index (χ4n) is 1.33. The zero-order valence-electron chi connectivity index (χ0n) is 9.23. The summed E-state index contributed by atoms with van der Waals surface area (Å²) in [6.45, 7) is 0. The highest BCUT2D eigenvalue weighted by molar-refractivity contribution is 5.93. The monoisotopic (exact) mass is 251 g/mol. The molecule has 2 aromatic heterocycles. The van der Waals surface area contributed by atoms with Crippen molar-refractivity contribution in [3.8, 4) is 0 Å². The van der Waals surface area contributed by atoms with Crippen molar-refractivity contribution in [1.29, 1.82) is 0 Å². The SMILES string of the molecule is Cn1cc(C(NC(=O)c2nn[nH]n2)C(=O)O)cn1. The summed E-state index contributed by atoms with van der Waals surface area (Å²) in [4.78, 5) is 22.7. The summed E-state index contributed by atoms with van der Waals surface area (Å²) in [5.74, 6) is -2.18. The molecule has 94 valence electrons. The van der Waals surface area contributed by atoms with E-state index in [1.54, 1.807) is 7.05 Å². The number of aromatic nitrogens is 6. The van der Waals surface area contributed by atoms with E-state index < -0.39 is 17.9 Å². The molecule has 18 heavy (non-hydrogen) atoms. The van der Waals surface area contributed by atoms with Crippen LogP contribution in [0.3, 0.4) is 0 Å². The van der Waals surface area contributed by atoms with Crippen LogP contribution in [0.1, 0.15) is 22.2 Å². The Morgan fingerprint density at radius 1 is 1.56 bits per heavy atom. The number of rotatable bonds is 4. The van der Waals surface area contributed by atoms with E-state index >= 15 is 0 Å². The van der Waals surface area contributed by atoms with Gasteiger partial charge in [-0.3, -0.25) is 9.48 Å². The average Bonchev–Trinajstić information content (AvgIpc) is 2.95. The van der Waals surface area contributed by atoms with Gasteiger partial charge in [-0.2, -0.15) is 10.3 Å². The second-order valence-electron chi connectivity index (χ2n) is 3.43. The number of H-pyrrole nitrogens is 1. The van der Waals surface area contributed by atoms with E-state index in [9.17, 15) is 9.59 Å². The van der Waals surface area contributed by atoms with Crippen LogP contribution in [0, 0.1) is 0 Å². The highest BCUT2D eigenvalue weighted by Gasteiger charge is 2.25. The quantitative estimate of drug-likeness (QED) is 0.600. The minimum absolute atomic E-state index is 0.231. The smallest absolute Gasteiger partial charge is 0.331 e. The number of hydrogen-bond acceptors (Lipinski definition) is 6. The molecule has 2 rings (SSSR count). The van der Waals surface area contributed by atoms with Crippen molar-refractivity contribution in [3.05, 3.63) is 23.8 Å². The van der Waals surface area contributed by atoms with E-state index in [0.29, 0.717) is 5.56 Å². The molecule has 0 aliphatic heterocycles. The number of carbonyl (C=O) groups excluding carboxylic acids is 1. The van der Waals surface area contributed by atoms with E-state index in [1.807, 2.05) is 0 Å². The number of aliphatic carboxylic acids is 1. The number of tetrazole rings is 1. The number of aryl methyl sites for hydroxylation is 1. The first-order valence-electron chi connectivity index (χ1n) is 4.83. The van der Waals surface area contributed by atoms with Gasteiger partial charge in [0.2, 0.25) is 0 Å². The minimum atomic E-state index is -1.22. The molecule has 10 nitrogen and oxygen atoms in total. The Kier molecular flexibility index (Phi) is 3.00. The Morgan fingerprint density at radius 3 is 2.83 bits per heavy atom. The first-order chi connectivity index (χ1) is 8.58. The Morgan fingerprint density at radius 2 is 2.33 bits per heavy atom. The van der Waals surface area contributed by atoms with Crippen molar-refractivity contribution in [2.75, 3.05) is 0 Å². The molecule has 0 radical (unpaired) electrons. The van der Waals surface area contributed by atoms with Crippen LogP contribution < -0.4 is 5.32 Å². The van der Waals surface area contributed by atoms with Gasteiger partial charge in [0.1, 0.15) is 0 Å². The third-order valence-electron chi connectivity index (χ3n) is 2.13. The molecule has 1 atom stereocenters. The number of hydrogen-bond donors (Lipinski definition) is 3. The highest BCUT2D eigenvalue weighted by Crippen LogP contribution is 2.12. The number of carboxylic acids is 1. The maximum atomic E-state index is 11.6. The predicted molar refractivity (Wildman–Crippen MR) is 55.2 cm³/mol. The molecule has 3 N–H and O–H groups in total. The molecule has 0 bridgehead atoms. The van der Waals surface area contributed by atoms with Gasteiger partial charge in [-0.25, -0.2) is 4.79 Å². The van der Waals surface area contributed by atoms with Gasteiger partial charge in [-0.1, -0.05) is 0 Å². The molecule has 2 aromatic rings. The van der Waals surface area contributed by atoms with Gasteiger partial charge < -0.3 is 10.4 Å². The Hall–Kier alpha value is -2.78. The number of aromatic amines is 1. The van der Waals surface area contributed by atoms with Gasteiger partial charge in [0.15, 0.2) is 6.04 Å². The zero-order chi connectivity index (χ0) is 13.1. The van der Waals surface area contributed by atoms with Gasteiger partial charge in [-0.15, -0.1) is 10.2 Å². The molecule has 0 spiro atoms. The highest BCUT2D eigenvalue weighted by atomic mass is 16.4. The lowest BCUT2D eigenvalue weighted by Gasteiger charge is -2.10. The molecule has 10 heteroatoms. The summed E-state index contributed by atoms with van der Waals surface area (Å²) >= 11 is 0. The van der Waals surface area contributed by atoms with E-state index in [2.05, 4.69) is 31.0 Å². The van der Waals surface area contributed by atoms with Crippen molar-refractivity contribution in [3.63, 3.8) is 0 Å². The summed E-state index contributed by atoms with van der Waals surface area (Å²) in [6, 6.07) is -1.22.